The number of benzene rings is 2. The SMILES string of the molecule is COc1cc(N)ccc1C(=O)N1CCc2ccccc2C1. The van der Waals surface area contributed by atoms with Crippen LogP contribution in [0.25, 0.3) is 0 Å². The molecule has 108 valence electrons. The van der Waals surface area contributed by atoms with Crippen molar-refractivity contribution in [3.63, 3.8) is 0 Å². The summed E-state index contributed by atoms with van der Waals surface area (Å²) in [4.78, 5) is 14.6. The van der Waals surface area contributed by atoms with E-state index in [2.05, 4.69) is 12.1 Å². The zero-order valence-corrected chi connectivity index (χ0v) is 12.0. The van der Waals surface area contributed by atoms with Crippen molar-refractivity contribution in [2.75, 3.05) is 19.4 Å². The topological polar surface area (TPSA) is 55.6 Å². The van der Waals surface area contributed by atoms with Crippen LogP contribution in [0, 0.1) is 0 Å². The first-order chi connectivity index (χ1) is 10.2. The van der Waals surface area contributed by atoms with Crippen molar-refractivity contribution >= 4 is 11.6 Å². The van der Waals surface area contributed by atoms with E-state index in [0.29, 0.717) is 23.5 Å². The summed E-state index contributed by atoms with van der Waals surface area (Å²) in [7, 11) is 1.55. The van der Waals surface area contributed by atoms with Crippen LogP contribution in [0.4, 0.5) is 5.69 Å². The number of carbonyl (C=O) groups is 1. The summed E-state index contributed by atoms with van der Waals surface area (Å²) >= 11 is 0. The van der Waals surface area contributed by atoms with E-state index in [1.807, 2.05) is 17.0 Å². The highest BCUT2D eigenvalue weighted by Gasteiger charge is 2.23. The first-order valence-corrected chi connectivity index (χ1v) is 6.98. The smallest absolute Gasteiger partial charge is 0.257 e. The molecule has 2 aromatic carbocycles. The number of hydrogen-bond donors (Lipinski definition) is 1. The monoisotopic (exact) mass is 282 g/mol. The lowest BCUT2D eigenvalue weighted by Crippen LogP contribution is -2.36. The summed E-state index contributed by atoms with van der Waals surface area (Å²) in [5.74, 6) is 0.514. The van der Waals surface area contributed by atoms with E-state index in [1.54, 1.807) is 25.3 Å². The number of methoxy groups -OCH3 is 1. The van der Waals surface area contributed by atoms with E-state index in [1.165, 1.54) is 11.1 Å². The molecule has 21 heavy (non-hydrogen) atoms. The third kappa shape index (κ3) is 2.57. The standard InChI is InChI=1S/C17H18N2O2/c1-21-16-10-14(18)6-7-15(16)17(20)19-9-8-12-4-2-3-5-13(12)11-19/h2-7,10H,8-9,11,18H2,1H3. The van der Waals surface area contributed by atoms with Gasteiger partial charge < -0.3 is 15.4 Å². The van der Waals surface area contributed by atoms with E-state index < -0.39 is 0 Å². The average molecular weight is 282 g/mol. The van der Waals surface area contributed by atoms with Crippen LogP contribution in [0.15, 0.2) is 42.5 Å². The Morgan fingerprint density at radius 2 is 1.95 bits per heavy atom. The van der Waals surface area contributed by atoms with Gasteiger partial charge in [-0.3, -0.25) is 4.79 Å². The quantitative estimate of drug-likeness (QED) is 0.861. The molecule has 0 unspecified atom stereocenters. The lowest BCUT2D eigenvalue weighted by Gasteiger charge is -2.29. The predicted octanol–water partition coefficient (Wildman–Crippen LogP) is 2.48. The second kappa shape index (κ2) is 5.48. The molecule has 0 saturated heterocycles. The van der Waals surface area contributed by atoms with Crippen LogP contribution in [-0.2, 0) is 13.0 Å². The highest BCUT2D eigenvalue weighted by molar-refractivity contribution is 5.97. The summed E-state index contributed by atoms with van der Waals surface area (Å²) in [6, 6.07) is 13.4. The Bertz CT molecular complexity index is 682. The molecule has 0 spiro atoms. The van der Waals surface area contributed by atoms with Crippen molar-refractivity contribution in [1.82, 2.24) is 4.90 Å². The fourth-order valence-electron chi connectivity index (χ4n) is 2.72. The number of hydrogen-bond acceptors (Lipinski definition) is 3. The number of nitrogens with zero attached hydrogens (tertiary/aromatic N) is 1. The Morgan fingerprint density at radius 3 is 2.71 bits per heavy atom. The minimum Gasteiger partial charge on any atom is -0.496 e. The van der Waals surface area contributed by atoms with Crippen LogP contribution < -0.4 is 10.5 Å². The number of fused-ring (bicyclic) bond motifs is 1. The number of amides is 1. The predicted molar refractivity (Wildman–Crippen MR) is 82.3 cm³/mol. The van der Waals surface area contributed by atoms with Gasteiger partial charge >= 0.3 is 0 Å². The maximum atomic E-state index is 12.7. The molecule has 0 atom stereocenters. The molecule has 1 aliphatic heterocycles. The number of carbonyl (C=O) groups excluding carboxylic acids is 1. The van der Waals surface area contributed by atoms with Gasteiger partial charge in [0.15, 0.2) is 0 Å². The van der Waals surface area contributed by atoms with Crippen LogP contribution in [0.5, 0.6) is 5.75 Å². The Labute approximate surface area is 124 Å². The molecule has 0 aromatic heterocycles. The van der Waals surface area contributed by atoms with E-state index in [4.69, 9.17) is 10.5 Å². The summed E-state index contributed by atoms with van der Waals surface area (Å²) in [5.41, 5.74) is 9.43. The van der Waals surface area contributed by atoms with Gasteiger partial charge in [-0.2, -0.15) is 0 Å². The van der Waals surface area contributed by atoms with Gasteiger partial charge in [0, 0.05) is 24.8 Å². The second-order valence-corrected chi connectivity index (χ2v) is 5.21. The molecule has 1 heterocycles. The van der Waals surface area contributed by atoms with Gasteiger partial charge in [-0.1, -0.05) is 24.3 Å². The van der Waals surface area contributed by atoms with Gasteiger partial charge in [0.05, 0.1) is 12.7 Å². The number of rotatable bonds is 2. The maximum absolute atomic E-state index is 12.7. The summed E-state index contributed by atoms with van der Waals surface area (Å²) in [6.45, 7) is 1.37. The van der Waals surface area contributed by atoms with Gasteiger partial charge in [0.2, 0.25) is 0 Å². The zero-order valence-electron chi connectivity index (χ0n) is 12.0. The number of nitrogen functional groups attached to an aromatic ring is 1. The number of ether oxygens (including phenoxy) is 1. The van der Waals surface area contributed by atoms with Gasteiger partial charge in [-0.05, 0) is 29.7 Å². The van der Waals surface area contributed by atoms with Crippen LogP contribution in [0.3, 0.4) is 0 Å². The zero-order chi connectivity index (χ0) is 14.8. The van der Waals surface area contributed by atoms with Crippen molar-refractivity contribution in [2.24, 2.45) is 0 Å². The van der Waals surface area contributed by atoms with E-state index >= 15 is 0 Å². The maximum Gasteiger partial charge on any atom is 0.257 e. The molecule has 1 amide bonds. The van der Waals surface area contributed by atoms with Crippen LogP contribution >= 0.6 is 0 Å². The fourth-order valence-corrected chi connectivity index (χ4v) is 2.72. The van der Waals surface area contributed by atoms with Crippen LogP contribution in [0.1, 0.15) is 21.5 Å². The second-order valence-electron chi connectivity index (χ2n) is 5.21. The Balaban J connectivity index is 1.87. The molecule has 4 nitrogen and oxygen atoms in total. The highest BCUT2D eigenvalue weighted by Crippen LogP contribution is 2.26. The molecule has 1 aliphatic rings. The molecule has 0 saturated carbocycles. The Kier molecular flexibility index (Phi) is 3.52. The van der Waals surface area contributed by atoms with Gasteiger partial charge in [-0.15, -0.1) is 0 Å². The molecule has 3 rings (SSSR count). The van der Waals surface area contributed by atoms with Crippen molar-refractivity contribution in [2.45, 2.75) is 13.0 Å². The number of nitrogens with two attached hydrogens (primary N) is 1. The summed E-state index contributed by atoms with van der Waals surface area (Å²) in [6.07, 6.45) is 0.888. The van der Waals surface area contributed by atoms with Crippen molar-refractivity contribution < 1.29 is 9.53 Å². The molecule has 0 aliphatic carbocycles. The number of anilines is 1. The fraction of sp³-hybridized carbons (Fsp3) is 0.235. The van der Waals surface area contributed by atoms with E-state index in [9.17, 15) is 4.79 Å². The first kappa shape index (κ1) is 13.5. The van der Waals surface area contributed by atoms with Gasteiger partial charge in [0.25, 0.3) is 5.91 Å². The van der Waals surface area contributed by atoms with E-state index in [0.717, 1.165) is 13.0 Å². The normalized spacial score (nSPS) is 13.7. The summed E-state index contributed by atoms with van der Waals surface area (Å²) in [5, 5.41) is 0. The minimum atomic E-state index is -0.0126. The lowest BCUT2D eigenvalue weighted by molar-refractivity contribution is 0.0731. The van der Waals surface area contributed by atoms with Gasteiger partial charge in [0.1, 0.15) is 5.75 Å². The Hall–Kier alpha value is -2.49. The van der Waals surface area contributed by atoms with Crippen molar-refractivity contribution in [3.8, 4) is 5.75 Å². The lowest BCUT2D eigenvalue weighted by atomic mass is 9.99. The van der Waals surface area contributed by atoms with Crippen molar-refractivity contribution in [1.29, 1.82) is 0 Å². The average Bonchev–Trinajstić information content (AvgIpc) is 2.53. The summed E-state index contributed by atoms with van der Waals surface area (Å²) < 4.78 is 5.28. The Morgan fingerprint density at radius 1 is 1.19 bits per heavy atom. The molecule has 2 N–H and O–H groups in total. The molecule has 0 radical (unpaired) electrons. The molecule has 4 heteroatoms. The first-order valence-electron chi connectivity index (χ1n) is 6.98. The van der Waals surface area contributed by atoms with Crippen LogP contribution in [0.2, 0.25) is 0 Å². The molecular weight excluding hydrogens is 264 g/mol. The minimum absolute atomic E-state index is 0.0126. The van der Waals surface area contributed by atoms with Crippen molar-refractivity contribution in [3.05, 3.63) is 59.2 Å². The van der Waals surface area contributed by atoms with Crippen LogP contribution in [-0.4, -0.2) is 24.5 Å². The highest BCUT2D eigenvalue weighted by atomic mass is 16.5. The third-order valence-electron chi connectivity index (χ3n) is 3.87. The molecular formula is C17H18N2O2. The molecule has 0 fully saturated rings. The molecule has 2 aromatic rings. The molecule has 0 bridgehead atoms. The third-order valence-corrected chi connectivity index (χ3v) is 3.87. The largest absolute Gasteiger partial charge is 0.496 e. The van der Waals surface area contributed by atoms with E-state index in [-0.39, 0.29) is 5.91 Å². The van der Waals surface area contributed by atoms with Gasteiger partial charge in [-0.25, -0.2) is 0 Å².